The van der Waals surface area contributed by atoms with E-state index in [9.17, 15) is 25.2 Å². The number of rotatable bonds is 5. The van der Waals surface area contributed by atoms with Crippen molar-refractivity contribution in [1.29, 1.82) is 0 Å². The fourth-order valence-corrected chi connectivity index (χ4v) is 3.48. The van der Waals surface area contributed by atoms with Crippen LogP contribution in [0.4, 0.5) is 0 Å². The summed E-state index contributed by atoms with van der Waals surface area (Å²) < 4.78 is 22.0. The molecule has 2 heterocycles. The van der Waals surface area contributed by atoms with Gasteiger partial charge in [0.2, 0.25) is 5.91 Å². The summed E-state index contributed by atoms with van der Waals surface area (Å²) in [6.45, 7) is 4.19. The van der Waals surface area contributed by atoms with Gasteiger partial charge in [-0.1, -0.05) is 0 Å². The number of hydrogen-bond donors (Lipinski definition) is 5. The smallest absolute Gasteiger partial charge is 0.217 e. The van der Waals surface area contributed by atoms with E-state index in [-0.39, 0.29) is 5.91 Å². The van der Waals surface area contributed by atoms with Gasteiger partial charge in [0.1, 0.15) is 36.6 Å². The zero-order chi connectivity index (χ0) is 19.6. The van der Waals surface area contributed by atoms with Gasteiger partial charge in [-0.15, -0.1) is 0 Å². The van der Waals surface area contributed by atoms with Crippen molar-refractivity contribution in [2.75, 3.05) is 13.7 Å². The minimum atomic E-state index is -1.42. The van der Waals surface area contributed by atoms with Crippen LogP contribution in [0.15, 0.2) is 0 Å². The first-order valence-corrected chi connectivity index (χ1v) is 8.62. The Balaban J connectivity index is 2.20. The third-order valence-corrected chi connectivity index (χ3v) is 4.86. The molecule has 0 aromatic rings. The maximum Gasteiger partial charge on any atom is 0.217 e. The van der Waals surface area contributed by atoms with Crippen molar-refractivity contribution in [3.05, 3.63) is 0 Å². The second kappa shape index (κ2) is 8.89. The molecule has 10 atom stereocenters. The van der Waals surface area contributed by atoms with Crippen LogP contribution in [0.2, 0.25) is 0 Å². The number of amides is 1. The van der Waals surface area contributed by atoms with Gasteiger partial charge in [0, 0.05) is 14.0 Å². The van der Waals surface area contributed by atoms with Crippen LogP contribution >= 0.6 is 0 Å². The number of aliphatic hydroxyl groups is 4. The molecule has 2 aliphatic rings. The van der Waals surface area contributed by atoms with Crippen LogP contribution in [-0.2, 0) is 23.7 Å². The van der Waals surface area contributed by atoms with Gasteiger partial charge in [-0.25, -0.2) is 0 Å². The molecule has 10 heteroatoms. The lowest BCUT2D eigenvalue weighted by molar-refractivity contribution is -0.328. The molecular formula is C16H29NO9. The predicted molar refractivity (Wildman–Crippen MR) is 87.1 cm³/mol. The maximum absolute atomic E-state index is 11.5. The summed E-state index contributed by atoms with van der Waals surface area (Å²) in [5.41, 5.74) is 0. The molecule has 2 rings (SSSR count). The summed E-state index contributed by atoms with van der Waals surface area (Å²) in [5.74, 6) is -0.355. The van der Waals surface area contributed by atoms with E-state index in [2.05, 4.69) is 5.32 Å². The highest BCUT2D eigenvalue weighted by atomic mass is 16.7. The van der Waals surface area contributed by atoms with Gasteiger partial charge in [-0.2, -0.15) is 0 Å². The summed E-state index contributed by atoms with van der Waals surface area (Å²) >= 11 is 0. The molecule has 2 fully saturated rings. The summed E-state index contributed by atoms with van der Waals surface area (Å²) in [7, 11) is 1.39. The Hall–Kier alpha value is -0.850. The quantitative estimate of drug-likeness (QED) is 0.350. The van der Waals surface area contributed by atoms with Gasteiger partial charge >= 0.3 is 0 Å². The van der Waals surface area contributed by atoms with Crippen LogP contribution in [0, 0.1) is 0 Å². The lowest BCUT2D eigenvalue weighted by atomic mass is 9.92. The molecule has 0 aromatic carbocycles. The summed E-state index contributed by atoms with van der Waals surface area (Å²) in [4.78, 5) is 11.5. The molecule has 0 aromatic heterocycles. The average molecular weight is 379 g/mol. The molecule has 0 bridgehead atoms. The first kappa shape index (κ1) is 21.5. The van der Waals surface area contributed by atoms with E-state index < -0.39 is 67.8 Å². The van der Waals surface area contributed by atoms with Crippen LogP contribution in [0.5, 0.6) is 0 Å². The van der Waals surface area contributed by atoms with Crippen molar-refractivity contribution < 1.29 is 44.2 Å². The number of carbonyl (C=O) groups is 1. The molecule has 0 aliphatic carbocycles. The van der Waals surface area contributed by atoms with Crippen LogP contribution in [0.1, 0.15) is 20.8 Å². The number of hydrogen-bond acceptors (Lipinski definition) is 9. The Bertz CT molecular complexity index is 479. The van der Waals surface area contributed by atoms with E-state index >= 15 is 0 Å². The third-order valence-electron chi connectivity index (χ3n) is 4.86. The number of ether oxygens (including phenoxy) is 4. The highest BCUT2D eigenvalue weighted by Gasteiger charge is 2.49. The Labute approximate surface area is 152 Å². The van der Waals surface area contributed by atoms with Gasteiger partial charge in [-0.05, 0) is 13.8 Å². The van der Waals surface area contributed by atoms with Crippen LogP contribution in [0.25, 0.3) is 0 Å². The van der Waals surface area contributed by atoms with E-state index in [0.717, 1.165) is 0 Å². The average Bonchev–Trinajstić information content (AvgIpc) is 2.58. The van der Waals surface area contributed by atoms with Gasteiger partial charge < -0.3 is 44.7 Å². The lowest BCUT2D eigenvalue weighted by Crippen LogP contribution is -2.66. The first-order valence-electron chi connectivity index (χ1n) is 8.62. The molecule has 2 saturated heterocycles. The van der Waals surface area contributed by atoms with Crippen molar-refractivity contribution in [2.45, 2.75) is 81.9 Å². The van der Waals surface area contributed by atoms with Crippen molar-refractivity contribution in [1.82, 2.24) is 5.32 Å². The minimum Gasteiger partial charge on any atom is -0.394 e. The highest BCUT2D eigenvalue weighted by molar-refractivity contribution is 5.73. The van der Waals surface area contributed by atoms with Crippen LogP contribution < -0.4 is 5.32 Å². The van der Waals surface area contributed by atoms with Crippen molar-refractivity contribution in [2.24, 2.45) is 0 Å². The van der Waals surface area contributed by atoms with Crippen LogP contribution in [0.3, 0.4) is 0 Å². The molecule has 5 N–H and O–H groups in total. The zero-order valence-corrected chi connectivity index (χ0v) is 15.3. The summed E-state index contributed by atoms with van der Waals surface area (Å²) in [5, 5.41) is 43.1. The second-order valence-electron chi connectivity index (χ2n) is 6.77. The van der Waals surface area contributed by atoms with E-state index in [4.69, 9.17) is 18.9 Å². The fraction of sp³-hybridized carbons (Fsp3) is 0.938. The van der Waals surface area contributed by atoms with Crippen LogP contribution in [-0.4, -0.2) is 101 Å². The van der Waals surface area contributed by atoms with E-state index in [0.29, 0.717) is 0 Å². The zero-order valence-electron chi connectivity index (χ0n) is 15.3. The summed E-state index contributed by atoms with van der Waals surface area (Å²) in [6.07, 6.45) is -9.05. The standard InChI is InChI=1S/C16H29NO9/c1-6-10(17-8(3)19)15(11(20)9(5-18)24-6)26-16-13(22)12(21)14(23-4)7(2)25-16/h6-7,9-16,18,20-22H,5H2,1-4H3,(H,17,19). The molecule has 0 spiro atoms. The topological polar surface area (TPSA) is 147 Å². The Morgan fingerprint density at radius 1 is 1.04 bits per heavy atom. The predicted octanol–water partition coefficient (Wildman–Crippen LogP) is -2.50. The van der Waals surface area contributed by atoms with Crippen molar-refractivity contribution in [3.8, 4) is 0 Å². The fourth-order valence-electron chi connectivity index (χ4n) is 3.48. The Morgan fingerprint density at radius 3 is 2.23 bits per heavy atom. The number of carbonyl (C=O) groups excluding carboxylic acids is 1. The number of aliphatic hydroxyl groups excluding tert-OH is 4. The minimum absolute atomic E-state index is 0.355. The van der Waals surface area contributed by atoms with Gasteiger partial charge in [-0.3, -0.25) is 4.79 Å². The Morgan fingerprint density at radius 2 is 1.69 bits per heavy atom. The maximum atomic E-state index is 11.5. The van der Waals surface area contributed by atoms with Gasteiger partial charge in [0.05, 0.1) is 24.9 Å². The van der Waals surface area contributed by atoms with E-state index in [1.165, 1.54) is 14.0 Å². The molecular weight excluding hydrogens is 350 g/mol. The normalized spacial score (nSPS) is 46.8. The molecule has 0 saturated carbocycles. The number of methoxy groups -OCH3 is 1. The van der Waals surface area contributed by atoms with Crippen molar-refractivity contribution in [3.63, 3.8) is 0 Å². The highest BCUT2D eigenvalue weighted by Crippen LogP contribution is 2.29. The molecule has 10 nitrogen and oxygen atoms in total. The molecule has 152 valence electrons. The molecule has 1 amide bonds. The van der Waals surface area contributed by atoms with Crippen molar-refractivity contribution >= 4 is 5.91 Å². The molecule has 2 aliphatic heterocycles. The SMILES string of the molecule is COC1C(C)OC(OC2C(O)C(CO)OC(C)C2NC(C)=O)C(O)C1O. The molecule has 26 heavy (non-hydrogen) atoms. The lowest BCUT2D eigenvalue weighted by Gasteiger charge is -2.47. The van der Waals surface area contributed by atoms with E-state index in [1.54, 1.807) is 13.8 Å². The van der Waals surface area contributed by atoms with Gasteiger partial charge in [0.15, 0.2) is 6.29 Å². The van der Waals surface area contributed by atoms with E-state index in [1.807, 2.05) is 0 Å². The third kappa shape index (κ3) is 4.34. The largest absolute Gasteiger partial charge is 0.394 e. The molecule has 0 radical (unpaired) electrons. The van der Waals surface area contributed by atoms with Gasteiger partial charge in [0.25, 0.3) is 0 Å². The first-order chi connectivity index (χ1) is 12.2. The monoisotopic (exact) mass is 379 g/mol. The molecule has 10 unspecified atom stereocenters. The number of nitrogens with one attached hydrogen (secondary N) is 1. The Kier molecular flexibility index (Phi) is 7.34. The second-order valence-corrected chi connectivity index (χ2v) is 6.77. The summed E-state index contributed by atoms with van der Waals surface area (Å²) in [6, 6.07) is -0.742.